The first-order valence-electron chi connectivity index (χ1n) is 9.61. The highest BCUT2D eigenvalue weighted by atomic mass is 16.1. The van der Waals surface area contributed by atoms with Crippen LogP contribution in [-0.4, -0.2) is 38.5 Å². The Morgan fingerprint density at radius 3 is 2.61 bits per heavy atom. The number of nitrogens with one attached hydrogen (secondary N) is 1. The fourth-order valence-corrected chi connectivity index (χ4v) is 3.57. The number of hydrogen-bond donors (Lipinski definition) is 1. The topological polar surface area (TPSA) is 75.9 Å². The van der Waals surface area contributed by atoms with Gasteiger partial charge in [-0.1, -0.05) is 30.3 Å². The number of aromatic nitrogens is 4. The van der Waals surface area contributed by atoms with E-state index in [0.717, 1.165) is 43.1 Å². The van der Waals surface area contributed by atoms with Crippen molar-refractivity contribution in [2.24, 2.45) is 5.92 Å². The van der Waals surface area contributed by atoms with Crippen molar-refractivity contribution in [3.05, 3.63) is 67.0 Å². The molecular weight excluding hydrogens is 352 g/mol. The van der Waals surface area contributed by atoms with Crippen LogP contribution in [0.15, 0.2) is 61.4 Å². The van der Waals surface area contributed by atoms with E-state index in [1.54, 1.807) is 18.9 Å². The molecule has 28 heavy (non-hydrogen) atoms. The Labute approximate surface area is 164 Å². The number of hydrogen-bond acceptors (Lipinski definition) is 5. The lowest BCUT2D eigenvalue weighted by Crippen LogP contribution is -2.41. The fourth-order valence-electron chi connectivity index (χ4n) is 3.57. The molecule has 7 heteroatoms. The molecule has 2 aromatic heterocycles. The second-order valence-corrected chi connectivity index (χ2v) is 7.11. The van der Waals surface area contributed by atoms with E-state index < -0.39 is 0 Å². The van der Waals surface area contributed by atoms with E-state index in [4.69, 9.17) is 0 Å². The van der Waals surface area contributed by atoms with Crippen molar-refractivity contribution in [3.63, 3.8) is 0 Å². The summed E-state index contributed by atoms with van der Waals surface area (Å²) < 4.78 is 1.86. The Morgan fingerprint density at radius 1 is 1.14 bits per heavy atom. The number of amides is 1. The molecule has 7 nitrogen and oxygen atoms in total. The monoisotopic (exact) mass is 376 g/mol. The average Bonchev–Trinajstić information content (AvgIpc) is 3.29. The van der Waals surface area contributed by atoms with E-state index in [2.05, 4.69) is 25.2 Å². The van der Waals surface area contributed by atoms with Gasteiger partial charge in [-0.15, -0.1) is 0 Å². The molecule has 1 aromatic carbocycles. The number of piperidine rings is 1. The average molecular weight is 376 g/mol. The molecule has 0 radical (unpaired) electrons. The molecule has 0 aliphatic carbocycles. The summed E-state index contributed by atoms with van der Waals surface area (Å²) in [5.74, 6) is 1.85. The molecule has 0 saturated carbocycles. The van der Waals surface area contributed by atoms with Gasteiger partial charge in [0.1, 0.15) is 24.3 Å². The number of nitrogens with zero attached hydrogens (tertiary/aromatic N) is 5. The van der Waals surface area contributed by atoms with Crippen molar-refractivity contribution in [1.82, 2.24) is 24.8 Å². The quantitative estimate of drug-likeness (QED) is 0.741. The number of carbonyl (C=O) groups is 1. The lowest BCUT2D eigenvalue weighted by Gasteiger charge is -2.32. The lowest BCUT2D eigenvalue weighted by atomic mass is 9.95. The first-order chi connectivity index (χ1) is 13.7. The maximum Gasteiger partial charge on any atom is 0.223 e. The predicted molar refractivity (Wildman–Crippen MR) is 107 cm³/mol. The summed E-state index contributed by atoms with van der Waals surface area (Å²) in [6.07, 6.45) is 8.51. The summed E-state index contributed by atoms with van der Waals surface area (Å²) in [4.78, 5) is 27.7. The minimum atomic E-state index is 0.0198. The zero-order valence-corrected chi connectivity index (χ0v) is 15.9. The van der Waals surface area contributed by atoms with Crippen LogP contribution in [0, 0.1) is 5.92 Å². The molecule has 3 heterocycles. The Bertz CT molecular complexity index is 904. The predicted octanol–water partition coefficient (Wildman–Crippen LogP) is 2.76. The second-order valence-electron chi connectivity index (χ2n) is 7.11. The molecule has 1 atom stereocenters. The van der Waals surface area contributed by atoms with Crippen molar-refractivity contribution in [2.75, 3.05) is 18.0 Å². The largest absolute Gasteiger partial charge is 0.356 e. The van der Waals surface area contributed by atoms with E-state index in [0.29, 0.717) is 0 Å². The van der Waals surface area contributed by atoms with Gasteiger partial charge in [0.2, 0.25) is 5.91 Å². The highest BCUT2D eigenvalue weighted by Crippen LogP contribution is 2.24. The van der Waals surface area contributed by atoms with Crippen LogP contribution in [0.4, 0.5) is 5.82 Å². The Hall–Kier alpha value is -3.22. The summed E-state index contributed by atoms with van der Waals surface area (Å²) in [5, 5.41) is 3.15. The lowest BCUT2D eigenvalue weighted by molar-refractivity contribution is -0.126. The normalized spacial score (nSPS) is 16.0. The third kappa shape index (κ3) is 4.03. The van der Waals surface area contributed by atoms with E-state index in [-0.39, 0.29) is 17.9 Å². The maximum atomic E-state index is 12.7. The Morgan fingerprint density at radius 2 is 1.89 bits per heavy atom. The molecule has 1 aliphatic heterocycles. The van der Waals surface area contributed by atoms with Gasteiger partial charge in [-0.3, -0.25) is 9.36 Å². The molecule has 1 saturated heterocycles. The van der Waals surface area contributed by atoms with Gasteiger partial charge in [-0.05, 0) is 25.3 Å². The summed E-state index contributed by atoms with van der Waals surface area (Å²) >= 11 is 0. The van der Waals surface area contributed by atoms with E-state index >= 15 is 0 Å². The molecule has 1 unspecified atom stereocenters. The van der Waals surface area contributed by atoms with Gasteiger partial charge in [0, 0.05) is 37.5 Å². The van der Waals surface area contributed by atoms with Gasteiger partial charge in [0.05, 0.1) is 6.04 Å². The molecule has 0 bridgehead atoms. The minimum absolute atomic E-state index is 0.0198. The number of rotatable bonds is 5. The van der Waals surface area contributed by atoms with Crippen molar-refractivity contribution in [3.8, 4) is 5.82 Å². The molecule has 1 N–H and O–H groups in total. The molecule has 3 aromatic rings. The van der Waals surface area contributed by atoms with Crippen LogP contribution in [0.2, 0.25) is 0 Å². The van der Waals surface area contributed by atoms with Gasteiger partial charge in [-0.25, -0.2) is 15.0 Å². The van der Waals surface area contributed by atoms with Gasteiger partial charge in [0.15, 0.2) is 0 Å². The van der Waals surface area contributed by atoms with Gasteiger partial charge < -0.3 is 10.2 Å². The highest BCUT2D eigenvalue weighted by Gasteiger charge is 2.26. The van der Waals surface area contributed by atoms with Gasteiger partial charge in [0.25, 0.3) is 0 Å². The maximum absolute atomic E-state index is 12.7. The van der Waals surface area contributed by atoms with Crippen molar-refractivity contribution >= 4 is 11.7 Å². The van der Waals surface area contributed by atoms with E-state index in [1.165, 1.54) is 0 Å². The third-order valence-electron chi connectivity index (χ3n) is 5.26. The summed E-state index contributed by atoms with van der Waals surface area (Å²) in [7, 11) is 0. The number of anilines is 1. The SMILES string of the molecule is CC(NC(=O)C1CCN(c2cc(-n3ccnc3)ncn2)CC1)c1ccccc1. The van der Waals surface area contributed by atoms with Gasteiger partial charge >= 0.3 is 0 Å². The third-order valence-corrected chi connectivity index (χ3v) is 5.26. The molecule has 1 fully saturated rings. The molecule has 1 aliphatic rings. The van der Waals surface area contributed by atoms with Crippen LogP contribution in [0.5, 0.6) is 0 Å². The van der Waals surface area contributed by atoms with Crippen LogP contribution >= 0.6 is 0 Å². The Kier molecular flexibility index (Phi) is 5.32. The second kappa shape index (κ2) is 8.21. The van der Waals surface area contributed by atoms with Crippen LogP contribution in [0.3, 0.4) is 0 Å². The zero-order chi connectivity index (χ0) is 19.3. The minimum Gasteiger partial charge on any atom is -0.356 e. The molecule has 0 spiro atoms. The molecular formula is C21H24N6O. The Balaban J connectivity index is 1.34. The number of carbonyl (C=O) groups excluding carboxylic acids is 1. The van der Waals surface area contributed by atoms with Crippen LogP contribution in [-0.2, 0) is 4.79 Å². The molecule has 1 amide bonds. The fraction of sp³-hybridized carbons (Fsp3) is 0.333. The van der Waals surface area contributed by atoms with Crippen LogP contribution < -0.4 is 10.2 Å². The standard InChI is InChI=1S/C21H24N6O/c1-16(17-5-3-2-4-6-17)25-21(28)18-7-10-26(11-8-18)19-13-20(24-14-23-19)27-12-9-22-15-27/h2-6,9,12-16,18H,7-8,10-11H2,1H3,(H,25,28). The first-order valence-corrected chi connectivity index (χ1v) is 9.61. The zero-order valence-electron chi connectivity index (χ0n) is 15.9. The molecule has 144 valence electrons. The van der Waals surface area contributed by atoms with E-state index in [9.17, 15) is 4.79 Å². The highest BCUT2D eigenvalue weighted by molar-refractivity contribution is 5.79. The first kappa shape index (κ1) is 18.2. The van der Waals surface area contributed by atoms with Crippen molar-refractivity contribution in [1.29, 1.82) is 0 Å². The number of imidazole rings is 1. The van der Waals surface area contributed by atoms with Crippen LogP contribution in [0.25, 0.3) is 5.82 Å². The smallest absolute Gasteiger partial charge is 0.223 e. The molecule has 4 rings (SSSR count). The summed E-state index contributed by atoms with van der Waals surface area (Å²) in [5.41, 5.74) is 1.13. The van der Waals surface area contributed by atoms with Crippen LogP contribution in [0.1, 0.15) is 31.4 Å². The summed E-state index contributed by atoms with van der Waals surface area (Å²) in [6.45, 7) is 3.64. The van der Waals surface area contributed by atoms with Crippen molar-refractivity contribution < 1.29 is 4.79 Å². The van der Waals surface area contributed by atoms with Crippen molar-refractivity contribution in [2.45, 2.75) is 25.8 Å². The van der Waals surface area contributed by atoms with E-state index in [1.807, 2.05) is 54.1 Å². The number of benzene rings is 1. The van der Waals surface area contributed by atoms with Gasteiger partial charge in [-0.2, -0.15) is 0 Å². The summed E-state index contributed by atoms with van der Waals surface area (Å²) in [6, 6.07) is 12.0.